The molecule has 0 aliphatic heterocycles. The summed E-state index contributed by atoms with van der Waals surface area (Å²) in [6, 6.07) is 0. The van der Waals surface area contributed by atoms with Crippen LogP contribution >= 0.6 is 0 Å². The summed E-state index contributed by atoms with van der Waals surface area (Å²) < 4.78 is 0. The van der Waals surface area contributed by atoms with Crippen LogP contribution in [-0.4, -0.2) is 29.6 Å². The van der Waals surface area contributed by atoms with Gasteiger partial charge in [-0.25, -0.2) is 0 Å². The van der Waals surface area contributed by atoms with E-state index in [1.807, 2.05) is 0 Å². The Bertz CT molecular complexity index is 36.8. The summed E-state index contributed by atoms with van der Waals surface area (Å²) in [7, 11) is 0. The number of nitrogens with one attached hydrogen (secondary N) is 1. The van der Waals surface area contributed by atoms with Gasteiger partial charge in [0.25, 0.3) is 0 Å². The van der Waals surface area contributed by atoms with Crippen molar-refractivity contribution in [2.24, 2.45) is 0 Å². The Balaban J connectivity index is 0. The molecule has 0 saturated heterocycles. The largest absolute Gasteiger partial charge is 0.369 e. The average Bonchev–Trinajstić information content (AvgIpc) is 1.41. The molecule has 0 unspecified atom stereocenters. The first kappa shape index (κ1) is 9.56. The fourth-order valence-electron chi connectivity index (χ4n) is 0.0833. The second-order valence-corrected chi connectivity index (χ2v) is 0.575. The zero-order valence-corrected chi connectivity index (χ0v) is 6.07. The molecular formula is C4H7NNa. The Morgan fingerprint density at radius 1 is 1.17 bits per heavy atom. The predicted molar refractivity (Wildman–Crippen MR) is 29.3 cm³/mol. The first-order valence-electron chi connectivity index (χ1n) is 1.39. The van der Waals surface area contributed by atoms with Gasteiger partial charge < -0.3 is 5.32 Å². The smallest absolute Gasteiger partial charge is 0 e. The van der Waals surface area contributed by atoms with Crippen LogP contribution in [0.1, 0.15) is 0 Å². The third-order valence-corrected chi connectivity index (χ3v) is 0.236. The van der Waals surface area contributed by atoms with Gasteiger partial charge in [0.15, 0.2) is 0 Å². The maximum atomic E-state index is 3.37. The van der Waals surface area contributed by atoms with E-state index >= 15 is 0 Å². The fourth-order valence-corrected chi connectivity index (χ4v) is 0.0833. The van der Waals surface area contributed by atoms with Crippen LogP contribution in [0.3, 0.4) is 0 Å². The molecule has 1 nitrogen and oxygen atoms in total. The summed E-state index contributed by atoms with van der Waals surface area (Å²) in [5, 5.41) is 2.64. The van der Waals surface area contributed by atoms with E-state index in [2.05, 4.69) is 18.5 Å². The Hall–Kier alpha value is 0.280. The van der Waals surface area contributed by atoms with Gasteiger partial charge in [-0.2, -0.15) is 0 Å². The van der Waals surface area contributed by atoms with Crippen molar-refractivity contribution in [1.29, 1.82) is 0 Å². The van der Waals surface area contributed by atoms with Crippen LogP contribution in [0.5, 0.6) is 0 Å². The standard InChI is InChI=1S/C4H7N.Na/c1-3-5-4-2;/h3-5H,1-2H2;. The molecule has 0 fully saturated rings. The number of hydrogen-bond acceptors (Lipinski definition) is 1. The SMILES string of the molecule is C=CNC=C.[Na]. The summed E-state index contributed by atoms with van der Waals surface area (Å²) >= 11 is 0. The van der Waals surface area contributed by atoms with Gasteiger partial charge in [-0.05, 0) is 12.4 Å². The molecule has 0 spiro atoms. The predicted octanol–water partition coefficient (Wildman–Crippen LogP) is 0.482. The van der Waals surface area contributed by atoms with Gasteiger partial charge in [0.1, 0.15) is 0 Å². The number of rotatable bonds is 2. The molecule has 0 aliphatic carbocycles. The topological polar surface area (TPSA) is 12.0 Å². The number of hydrogen-bond donors (Lipinski definition) is 1. The fraction of sp³-hybridized carbons (Fsp3) is 0. The molecule has 2 heteroatoms. The molecule has 0 rings (SSSR count). The van der Waals surface area contributed by atoms with Crippen LogP contribution in [0, 0.1) is 0 Å². The van der Waals surface area contributed by atoms with Gasteiger partial charge in [0.05, 0.1) is 0 Å². The first-order valence-corrected chi connectivity index (χ1v) is 1.39. The Labute approximate surface area is 60.4 Å². The summed E-state index contributed by atoms with van der Waals surface area (Å²) in [5.74, 6) is 0. The molecule has 0 saturated carbocycles. The zero-order chi connectivity index (χ0) is 4.12. The maximum absolute atomic E-state index is 3.37. The van der Waals surface area contributed by atoms with E-state index < -0.39 is 0 Å². The first-order chi connectivity index (χ1) is 2.41. The molecule has 0 amide bonds. The van der Waals surface area contributed by atoms with Crippen molar-refractivity contribution in [3.63, 3.8) is 0 Å². The summed E-state index contributed by atoms with van der Waals surface area (Å²) in [5.41, 5.74) is 0. The van der Waals surface area contributed by atoms with Gasteiger partial charge in [0, 0.05) is 29.6 Å². The summed E-state index contributed by atoms with van der Waals surface area (Å²) in [6.45, 7) is 6.74. The molecule has 6 heavy (non-hydrogen) atoms. The van der Waals surface area contributed by atoms with Crippen LogP contribution in [-0.2, 0) is 0 Å². The van der Waals surface area contributed by atoms with Gasteiger partial charge in [0.2, 0.25) is 0 Å². The van der Waals surface area contributed by atoms with Gasteiger partial charge in [-0.1, -0.05) is 13.2 Å². The molecule has 0 aromatic carbocycles. The summed E-state index contributed by atoms with van der Waals surface area (Å²) in [4.78, 5) is 0. The van der Waals surface area contributed by atoms with E-state index in [4.69, 9.17) is 0 Å². The normalized spacial score (nSPS) is 4.67. The molecule has 1 N–H and O–H groups in total. The van der Waals surface area contributed by atoms with E-state index in [0.717, 1.165) is 0 Å². The molecule has 0 aromatic heterocycles. The maximum Gasteiger partial charge on any atom is 0 e. The van der Waals surface area contributed by atoms with E-state index in [0.29, 0.717) is 0 Å². The molecule has 0 aromatic rings. The minimum atomic E-state index is 0. The molecule has 0 heterocycles. The van der Waals surface area contributed by atoms with Crippen LogP contribution in [0.15, 0.2) is 25.6 Å². The third kappa shape index (κ3) is 8.86. The van der Waals surface area contributed by atoms with Crippen molar-refractivity contribution in [2.45, 2.75) is 0 Å². The zero-order valence-electron chi connectivity index (χ0n) is 4.07. The molecule has 0 aliphatic rings. The second kappa shape index (κ2) is 8.99. The Morgan fingerprint density at radius 2 is 1.50 bits per heavy atom. The van der Waals surface area contributed by atoms with Crippen molar-refractivity contribution in [3.8, 4) is 0 Å². The van der Waals surface area contributed by atoms with E-state index in [-0.39, 0.29) is 29.6 Å². The van der Waals surface area contributed by atoms with Crippen molar-refractivity contribution in [2.75, 3.05) is 0 Å². The monoisotopic (exact) mass is 92.0 g/mol. The van der Waals surface area contributed by atoms with Crippen molar-refractivity contribution in [1.82, 2.24) is 5.32 Å². The van der Waals surface area contributed by atoms with Gasteiger partial charge in [-0.3, -0.25) is 0 Å². The minimum Gasteiger partial charge on any atom is -0.369 e. The Kier molecular flexibility index (Phi) is 14.3. The second-order valence-electron chi connectivity index (χ2n) is 0.575. The van der Waals surface area contributed by atoms with E-state index in [1.165, 1.54) is 0 Å². The average molecular weight is 92.1 g/mol. The van der Waals surface area contributed by atoms with Crippen LogP contribution in [0.2, 0.25) is 0 Å². The molecule has 0 atom stereocenters. The molecule has 29 valence electrons. The van der Waals surface area contributed by atoms with Crippen LogP contribution in [0.25, 0.3) is 0 Å². The van der Waals surface area contributed by atoms with E-state index in [1.54, 1.807) is 12.4 Å². The van der Waals surface area contributed by atoms with Crippen LogP contribution < -0.4 is 5.32 Å². The quantitative estimate of drug-likeness (QED) is 0.488. The van der Waals surface area contributed by atoms with Crippen molar-refractivity contribution >= 4 is 29.6 Å². The summed E-state index contributed by atoms with van der Waals surface area (Å²) in [6.07, 6.45) is 3.12. The molecule has 0 bridgehead atoms. The van der Waals surface area contributed by atoms with Gasteiger partial charge >= 0.3 is 0 Å². The third-order valence-electron chi connectivity index (χ3n) is 0.236. The van der Waals surface area contributed by atoms with Crippen molar-refractivity contribution in [3.05, 3.63) is 25.6 Å². The Morgan fingerprint density at radius 3 is 1.50 bits per heavy atom. The van der Waals surface area contributed by atoms with E-state index in [9.17, 15) is 0 Å². The minimum absolute atomic E-state index is 0. The van der Waals surface area contributed by atoms with Gasteiger partial charge in [-0.15, -0.1) is 0 Å². The van der Waals surface area contributed by atoms with Crippen molar-refractivity contribution < 1.29 is 0 Å². The molecule has 1 radical (unpaired) electrons. The molecular weight excluding hydrogens is 85.0 g/mol. The van der Waals surface area contributed by atoms with Crippen LogP contribution in [0.4, 0.5) is 0 Å².